The Morgan fingerprint density at radius 2 is 1.90 bits per heavy atom. The van der Waals surface area contributed by atoms with E-state index in [1.807, 2.05) is 38.1 Å². The molecule has 0 aliphatic carbocycles. The standard InChI is InChI=1S/C21H23N5O4/c1-13-6-4-7-14(2)19(13)23-17(27)11-24(3)18(28)12-26-20(29)15(10-22)16-8-5-9-25(16)21(26)30/h4,6-7H,5,8-9,11-12H2,1-3H3,(H,23,27). The third-order valence-corrected chi connectivity index (χ3v) is 5.29. The number of nitrogens with zero attached hydrogens (tertiary/aromatic N) is 4. The highest BCUT2D eigenvalue weighted by Crippen LogP contribution is 2.19. The van der Waals surface area contributed by atoms with Crippen LogP contribution in [0.2, 0.25) is 0 Å². The summed E-state index contributed by atoms with van der Waals surface area (Å²) in [7, 11) is 1.42. The third kappa shape index (κ3) is 3.89. The van der Waals surface area contributed by atoms with Gasteiger partial charge in [-0.2, -0.15) is 5.26 Å². The SMILES string of the molecule is Cc1cccc(C)c1NC(=O)CN(C)C(=O)Cn1c(=O)c(C#N)c2n(c1=O)CCC2. The summed E-state index contributed by atoms with van der Waals surface area (Å²) in [6.07, 6.45) is 1.15. The molecular weight excluding hydrogens is 386 g/mol. The van der Waals surface area contributed by atoms with E-state index in [1.165, 1.54) is 11.6 Å². The minimum Gasteiger partial charge on any atom is -0.335 e. The second kappa shape index (κ2) is 8.37. The zero-order valence-electron chi connectivity index (χ0n) is 17.2. The number of amides is 2. The van der Waals surface area contributed by atoms with Crippen molar-refractivity contribution in [3.05, 3.63) is 61.4 Å². The first-order chi connectivity index (χ1) is 14.2. The summed E-state index contributed by atoms with van der Waals surface area (Å²) in [5, 5.41) is 12.1. The van der Waals surface area contributed by atoms with Crippen molar-refractivity contribution < 1.29 is 9.59 Å². The Hall–Kier alpha value is -3.67. The topological polar surface area (TPSA) is 117 Å². The van der Waals surface area contributed by atoms with Crippen molar-refractivity contribution in [2.45, 2.75) is 39.8 Å². The van der Waals surface area contributed by atoms with Crippen molar-refractivity contribution in [1.29, 1.82) is 5.26 Å². The van der Waals surface area contributed by atoms with Gasteiger partial charge in [0.2, 0.25) is 11.8 Å². The van der Waals surface area contributed by atoms with Gasteiger partial charge >= 0.3 is 5.69 Å². The predicted molar refractivity (Wildman–Crippen MR) is 110 cm³/mol. The van der Waals surface area contributed by atoms with Gasteiger partial charge in [-0.15, -0.1) is 0 Å². The summed E-state index contributed by atoms with van der Waals surface area (Å²) in [5.41, 5.74) is 1.45. The summed E-state index contributed by atoms with van der Waals surface area (Å²) in [5.74, 6) is -0.965. The van der Waals surface area contributed by atoms with Gasteiger partial charge in [0, 0.05) is 25.0 Å². The molecule has 0 bridgehead atoms. The molecule has 0 spiro atoms. The number of fused-ring (bicyclic) bond motifs is 1. The van der Waals surface area contributed by atoms with Crippen molar-refractivity contribution >= 4 is 17.5 Å². The van der Waals surface area contributed by atoms with E-state index in [9.17, 15) is 24.4 Å². The molecule has 1 aromatic heterocycles. The molecule has 156 valence electrons. The van der Waals surface area contributed by atoms with Gasteiger partial charge in [-0.25, -0.2) is 9.36 Å². The summed E-state index contributed by atoms with van der Waals surface area (Å²) in [4.78, 5) is 51.3. The van der Waals surface area contributed by atoms with Crippen LogP contribution in [0.5, 0.6) is 0 Å². The highest BCUT2D eigenvalue weighted by molar-refractivity contribution is 5.95. The van der Waals surface area contributed by atoms with Crippen molar-refractivity contribution in [3.8, 4) is 6.07 Å². The molecule has 2 aromatic rings. The lowest BCUT2D eigenvalue weighted by molar-refractivity contribution is -0.133. The van der Waals surface area contributed by atoms with Crippen LogP contribution in [-0.4, -0.2) is 39.4 Å². The summed E-state index contributed by atoms with van der Waals surface area (Å²) in [6, 6.07) is 7.49. The molecule has 0 unspecified atom stereocenters. The third-order valence-electron chi connectivity index (χ3n) is 5.29. The maximum absolute atomic E-state index is 12.6. The summed E-state index contributed by atoms with van der Waals surface area (Å²) < 4.78 is 2.15. The average molecular weight is 409 g/mol. The fraction of sp³-hybridized carbons (Fsp3) is 0.381. The molecule has 3 rings (SSSR count). The van der Waals surface area contributed by atoms with Crippen molar-refractivity contribution in [3.63, 3.8) is 0 Å². The molecule has 2 heterocycles. The average Bonchev–Trinajstić information content (AvgIpc) is 3.18. The number of hydrogen-bond donors (Lipinski definition) is 1. The second-order valence-corrected chi connectivity index (χ2v) is 7.43. The lowest BCUT2D eigenvalue weighted by atomic mass is 10.1. The predicted octanol–water partition coefficient (Wildman–Crippen LogP) is 0.542. The summed E-state index contributed by atoms with van der Waals surface area (Å²) in [6.45, 7) is 3.39. The van der Waals surface area contributed by atoms with Crippen LogP contribution >= 0.6 is 0 Å². The minimum absolute atomic E-state index is 0.102. The molecule has 0 radical (unpaired) electrons. The van der Waals surface area contributed by atoms with Crippen LogP contribution in [0, 0.1) is 25.2 Å². The van der Waals surface area contributed by atoms with Gasteiger partial charge in [0.25, 0.3) is 5.56 Å². The Morgan fingerprint density at radius 1 is 1.23 bits per heavy atom. The zero-order valence-corrected chi connectivity index (χ0v) is 17.2. The maximum atomic E-state index is 12.6. The van der Waals surface area contributed by atoms with E-state index in [0.717, 1.165) is 20.6 Å². The molecule has 0 saturated carbocycles. The van der Waals surface area contributed by atoms with Crippen LogP contribution in [0.25, 0.3) is 0 Å². The smallest absolute Gasteiger partial charge is 0.331 e. The maximum Gasteiger partial charge on any atom is 0.331 e. The lowest BCUT2D eigenvalue weighted by Crippen LogP contribution is -2.46. The van der Waals surface area contributed by atoms with Crippen LogP contribution in [-0.2, 0) is 29.1 Å². The number of hydrogen-bond acceptors (Lipinski definition) is 5. The van der Waals surface area contributed by atoms with Crippen LogP contribution in [0.15, 0.2) is 27.8 Å². The van der Waals surface area contributed by atoms with Gasteiger partial charge < -0.3 is 10.2 Å². The number of anilines is 1. The van der Waals surface area contributed by atoms with Crippen molar-refractivity contribution in [2.24, 2.45) is 0 Å². The first-order valence-corrected chi connectivity index (χ1v) is 9.61. The molecular formula is C21H23N5O4. The fourth-order valence-corrected chi connectivity index (χ4v) is 3.64. The van der Waals surface area contributed by atoms with E-state index >= 15 is 0 Å². The fourth-order valence-electron chi connectivity index (χ4n) is 3.64. The van der Waals surface area contributed by atoms with Crippen LogP contribution < -0.4 is 16.6 Å². The molecule has 9 heteroatoms. The highest BCUT2D eigenvalue weighted by atomic mass is 16.2. The number of aromatic nitrogens is 2. The first-order valence-electron chi connectivity index (χ1n) is 9.61. The molecule has 0 atom stereocenters. The molecule has 1 aliphatic heterocycles. The molecule has 30 heavy (non-hydrogen) atoms. The van der Waals surface area contributed by atoms with Crippen molar-refractivity contribution in [2.75, 3.05) is 18.9 Å². The van der Waals surface area contributed by atoms with Gasteiger partial charge in [0.15, 0.2) is 0 Å². The number of carbonyl (C=O) groups excluding carboxylic acids is 2. The molecule has 0 saturated heterocycles. The molecule has 1 N–H and O–H groups in total. The molecule has 0 fully saturated rings. The van der Waals surface area contributed by atoms with E-state index in [1.54, 1.807) is 0 Å². The number of benzene rings is 1. The lowest BCUT2D eigenvalue weighted by Gasteiger charge is -2.19. The van der Waals surface area contributed by atoms with Gasteiger partial charge in [-0.1, -0.05) is 18.2 Å². The monoisotopic (exact) mass is 409 g/mol. The largest absolute Gasteiger partial charge is 0.335 e. The number of rotatable bonds is 5. The Bertz CT molecular complexity index is 1170. The van der Waals surface area contributed by atoms with Gasteiger partial charge in [0.05, 0.1) is 6.54 Å². The number of nitrogens with one attached hydrogen (secondary N) is 1. The summed E-state index contributed by atoms with van der Waals surface area (Å²) >= 11 is 0. The Morgan fingerprint density at radius 3 is 2.53 bits per heavy atom. The minimum atomic E-state index is -0.766. The number of carbonyl (C=O) groups is 2. The Balaban J connectivity index is 1.75. The normalized spacial score (nSPS) is 12.2. The van der Waals surface area contributed by atoms with E-state index < -0.39 is 23.7 Å². The first kappa shape index (κ1) is 21.0. The number of likely N-dealkylation sites (N-methyl/N-ethyl adjacent to an activating group) is 1. The van der Waals surface area contributed by atoms with E-state index in [0.29, 0.717) is 30.8 Å². The quantitative estimate of drug-likeness (QED) is 0.774. The van der Waals surface area contributed by atoms with Crippen LogP contribution in [0.1, 0.15) is 28.8 Å². The van der Waals surface area contributed by atoms with E-state index in [-0.39, 0.29) is 18.0 Å². The van der Waals surface area contributed by atoms with Gasteiger partial charge in [-0.3, -0.25) is 19.0 Å². The highest BCUT2D eigenvalue weighted by Gasteiger charge is 2.24. The number of aryl methyl sites for hydroxylation is 2. The van der Waals surface area contributed by atoms with Crippen LogP contribution in [0.3, 0.4) is 0 Å². The van der Waals surface area contributed by atoms with Crippen LogP contribution in [0.4, 0.5) is 5.69 Å². The molecule has 1 aromatic carbocycles. The second-order valence-electron chi connectivity index (χ2n) is 7.43. The molecule has 9 nitrogen and oxygen atoms in total. The van der Waals surface area contributed by atoms with E-state index in [2.05, 4.69) is 5.32 Å². The molecule has 1 aliphatic rings. The van der Waals surface area contributed by atoms with Gasteiger partial charge in [0.1, 0.15) is 18.2 Å². The Kier molecular flexibility index (Phi) is 5.87. The van der Waals surface area contributed by atoms with Crippen molar-refractivity contribution in [1.82, 2.24) is 14.0 Å². The number of nitriles is 1. The number of para-hydroxylation sites is 1. The Labute approximate surface area is 173 Å². The van der Waals surface area contributed by atoms with Gasteiger partial charge in [-0.05, 0) is 37.8 Å². The molecule has 2 amide bonds. The van der Waals surface area contributed by atoms with E-state index in [4.69, 9.17) is 0 Å². The zero-order chi connectivity index (χ0) is 22.0.